The van der Waals surface area contributed by atoms with Crippen LogP contribution in [0.25, 0.3) is 0 Å². The average molecular weight is 279 g/mol. The zero-order valence-corrected chi connectivity index (χ0v) is 8.25. The minimum atomic E-state index is -5.40. The fraction of sp³-hybridized carbons (Fsp3) is 0.375. The maximum absolute atomic E-state index is 12.5. The summed E-state index contributed by atoms with van der Waals surface area (Å²) in [5.41, 5.74) is -5.02. The van der Waals surface area contributed by atoms with Gasteiger partial charge in [0.25, 0.3) is 5.56 Å². The van der Waals surface area contributed by atoms with Crippen LogP contribution in [0.5, 0.6) is 5.75 Å². The van der Waals surface area contributed by atoms with E-state index in [-0.39, 0.29) is 6.20 Å². The summed E-state index contributed by atoms with van der Waals surface area (Å²) >= 11 is 0. The van der Waals surface area contributed by atoms with Gasteiger partial charge in [0.2, 0.25) is 0 Å². The second-order valence-corrected chi connectivity index (χ2v) is 3.01. The average Bonchev–Trinajstić information content (AvgIpc) is 2.16. The van der Waals surface area contributed by atoms with Crippen molar-refractivity contribution in [3.8, 4) is 5.75 Å². The lowest BCUT2D eigenvalue weighted by molar-refractivity contribution is -0.276. The third-order valence-corrected chi connectivity index (χ3v) is 1.80. The quantitative estimate of drug-likeness (QED) is 0.846. The Balaban J connectivity index is 3.48. The van der Waals surface area contributed by atoms with Gasteiger partial charge in [-0.2, -0.15) is 13.2 Å². The highest BCUT2D eigenvalue weighted by Crippen LogP contribution is 2.39. The van der Waals surface area contributed by atoms with Crippen LogP contribution in [0, 0.1) is 0 Å². The Morgan fingerprint density at radius 1 is 1.17 bits per heavy atom. The molecule has 0 bridgehead atoms. The van der Waals surface area contributed by atoms with Crippen LogP contribution in [0.1, 0.15) is 11.1 Å². The Morgan fingerprint density at radius 2 is 1.72 bits per heavy atom. The first-order valence-corrected chi connectivity index (χ1v) is 4.19. The molecule has 0 aromatic carbocycles. The Morgan fingerprint density at radius 3 is 2.11 bits per heavy atom. The van der Waals surface area contributed by atoms with E-state index in [1.54, 1.807) is 0 Å². The van der Waals surface area contributed by atoms with Crippen molar-refractivity contribution in [1.29, 1.82) is 0 Å². The van der Waals surface area contributed by atoms with E-state index in [4.69, 9.17) is 0 Å². The maximum atomic E-state index is 12.5. The normalized spacial score (nSPS) is 12.6. The predicted molar refractivity (Wildman–Crippen MR) is 43.6 cm³/mol. The Labute approximate surface area is 94.2 Å². The van der Waals surface area contributed by atoms with Crippen molar-refractivity contribution >= 4 is 0 Å². The van der Waals surface area contributed by atoms with Crippen LogP contribution in [-0.4, -0.2) is 11.3 Å². The smallest absolute Gasteiger partial charge is 0.404 e. The second kappa shape index (κ2) is 4.50. The summed E-state index contributed by atoms with van der Waals surface area (Å²) in [4.78, 5) is 12.4. The van der Waals surface area contributed by atoms with Crippen LogP contribution in [0.4, 0.5) is 30.7 Å². The second-order valence-electron chi connectivity index (χ2n) is 3.01. The van der Waals surface area contributed by atoms with Crippen molar-refractivity contribution in [3.05, 3.63) is 27.7 Å². The molecule has 0 saturated carbocycles. The number of aromatic amines is 1. The van der Waals surface area contributed by atoms with Crippen molar-refractivity contribution in [2.75, 3.05) is 0 Å². The van der Waals surface area contributed by atoms with Gasteiger partial charge in [-0.3, -0.25) is 4.79 Å². The number of aromatic nitrogens is 1. The molecule has 1 heterocycles. The monoisotopic (exact) mass is 279 g/mol. The number of pyridine rings is 1. The fourth-order valence-electron chi connectivity index (χ4n) is 1.20. The molecule has 0 fully saturated rings. The van der Waals surface area contributed by atoms with E-state index in [1.165, 1.54) is 4.98 Å². The first kappa shape index (κ1) is 14.3. The SMILES string of the molecule is O=c1[nH]cc(OC(F)(F)F)c(C(F)(F)F)c1CF. The summed E-state index contributed by atoms with van der Waals surface area (Å²) in [6.45, 7) is -1.88. The molecular formula is C8H4F7NO2. The topological polar surface area (TPSA) is 42.1 Å². The van der Waals surface area contributed by atoms with Crippen LogP contribution in [0.2, 0.25) is 0 Å². The number of alkyl halides is 7. The molecule has 0 radical (unpaired) electrons. The zero-order valence-electron chi connectivity index (χ0n) is 8.25. The highest BCUT2D eigenvalue weighted by Gasteiger charge is 2.42. The van der Waals surface area contributed by atoms with Crippen LogP contribution < -0.4 is 10.3 Å². The fourth-order valence-corrected chi connectivity index (χ4v) is 1.20. The summed E-state index contributed by atoms with van der Waals surface area (Å²) < 4.78 is 88.5. The van der Waals surface area contributed by atoms with Crippen LogP contribution in [-0.2, 0) is 12.9 Å². The van der Waals surface area contributed by atoms with Crippen molar-refractivity contribution in [2.24, 2.45) is 0 Å². The van der Waals surface area contributed by atoms with Gasteiger partial charge in [-0.1, -0.05) is 0 Å². The summed E-state index contributed by atoms with van der Waals surface area (Å²) in [5, 5.41) is 0. The molecule has 0 aliphatic rings. The highest BCUT2D eigenvalue weighted by molar-refractivity contribution is 5.39. The Hall–Kier alpha value is -1.74. The third-order valence-electron chi connectivity index (χ3n) is 1.80. The van der Waals surface area contributed by atoms with Crippen molar-refractivity contribution in [2.45, 2.75) is 19.2 Å². The number of nitrogens with one attached hydrogen (secondary N) is 1. The first-order valence-electron chi connectivity index (χ1n) is 4.19. The molecule has 1 aromatic rings. The van der Waals surface area contributed by atoms with Gasteiger partial charge in [0.05, 0.1) is 5.56 Å². The molecule has 0 amide bonds. The van der Waals surface area contributed by atoms with Crippen LogP contribution in [0.3, 0.4) is 0 Å². The van der Waals surface area contributed by atoms with Gasteiger partial charge in [-0.05, 0) is 0 Å². The lowest BCUT2D eigenvalue weighted by atomic mass is 10.1. The first-order chi connectivity index (χ1) is 8.06. The van der Waals surface area contributed by atoms with E-state index in [0.29, 0.717) is 0 Å². The maximum Gasteiger partial charge on any atom is 0.573 e. The van der Waals surface area contributed by atoms with E-state index in [0.717, 1.165) is 0 Å². The molecule has 0 atom stereocenters. The van der Waals surface area contributed by atoms with Gasteiger partial charge >= 0.3 is 12.5 Å². The molecule has 0 aliphatic heterocycles. The largest absolute Gasteiger partial charge is 0.573 e. The van der Waals surface area contributed by atoms with Crippen molar-refractivity contribution in [1.82, 2.24) is 4.98 Å². The molecule has 1 rings (SSSR count). The highest BCUT2D eigenvalue weighted by atomic mass is 19.4. The molecule has 0 aliphatic carbocycles. The molecule has 102 valence electrons. The summed E-state index contributed by atoms with van der Waals surface area (Å²) in [5.74, 6) is -1.71. The van der Waals surface area contributed by atoms with E-state index in [9.17, 15) is 35.5 Å². The molecular weight excluding hydrogens is 275 g/mol. The lowest BCUT2D eigenvalue weighted by Gasteiger charge is -2.16. The van der Waals surface area contributed by atoms with E-state index >= 15 is 0 Å². The molecule has 0 saturated heterocycles. The number of hydrogen-bond acceptors (Lipinski definition) is 2. The van der Waals surface area contributed by atoms with Crippen molar-refractivity contribution in [3.63, 3.8) is 0 Å². The number of H-pyrrole nitrogens is 1. The third kappa shape index (κ3) is 3.14. The molecule has 3 nitrogen and oxygen atoms in total. The molecule has 0 spiro atoms. The minimum Gasteiger partial charge on any atom is -0.404 e. The number of rotatable bonds is 2. The molecule has 1 aromatic heterocycles. The summed E-state index contributed by atoms with van der Waals surface area (Å²) in [7, 11) is 0. The van der Waals surface area contributed by atoms with Gasteiger partial charge in [0.15, 0.2) is 5.75 Å². The van der Waals surface area contributed by atoms with Crippen LogP contribution >= 0.6 is 0 Å². The van der Waals surface area contributed by atoms with E-state index < -0.39 is 41.6 Å². The molecule has 0 unspecified atom stereocenters. The van der Waals surface area contributed by atoms with Gasteiger partial charge in [0, 0.05) is 6.20 Å². The van der Waals surface area contributed by atoms with Gasteiger partial charge in [-0.15, -0.1) is 13.2 Å². The Kier molecular flexibility index (Phi) is 3.58. The predicted octanol–water partition coefficient (Wildman–Crippen LogP) is 2.76. The van der Waals surface area contributed by atoms with Gasteiger partial charge in [-0.25, -0.2) is 4.39 Å². The zero-order chi connectivity index (χ0) is 14.1. The lowest BCUT2D eigenvalue weighted by Crippen LogP contribution is -2.25. The number of ether oxygens (including phenoxy) is 1. The number of halogens is 7. The van der Waals surface area contributed by atoms with Crippen LogP contribution in [0.15, 0.2) is 11.0 Å². The molecule has 10 heteroatoms. The van der Waals surface area contributed by atoms with E-state index in [1.807, 2.05) is 0 Å². The summed E-state index contributed by atoms with van der Waals surface area (Å²) in [6.07, 6.45) is -10.7. The standard InChI is InChI=1S/C8H4F7NO2/c9-1-3-5(7(10,11)12)4(2-16-6(3)17)18-8(13,14)15/h2H,1H2,(H,16,17). The van der Waals surface area contributed by atoms with Crippen molar-refractivity contribution < 1.29 is 35.5 Å². The van der Waals surface area contributed by atoms with Gasteiger partial charge < -0.3 is 9.72 Å². The number of hydrogen-bond donors (Lipinski definition) is 1. The molecule has 18 heavy (non-hydrogen) atoms. The molecule has 1 N–H and O–H groups in total. The minimum absolute atomic E-state index is 0.0812. The van der Waals surface area contributed by atoms with Gasteiger partial charge in [0.1, 0.15) is 12.2 Å². The van der Waals surface area contributed by atoms with E-state index in [2.05, 4.69) is 4.74 Å². The Bertz CT molecular complexity index is 488. The summed E-state index contributed by atoms with van der Waals surface area (Å²) in [6, 6.07) is 0.